The lowest BCUT2D eigenvalue weighted by atomic mass is 10.2. The van der Waals surface area contributed by atoms with Crippen molar-refractivity contribution >= 4 is 11.8 Å². The molecule has 0 bridgehead atoms. The van der Waals surface area contributed by atoms with Crippen LogP contribution in [0, 0.1) is 6.92 Å². The van der Waals surface area contributed by atoms with Crippen molar-refractivity contribution in [3.8, 4) is 0 Å². The van der Waals surface area contributed by atoms with E-state index in [-0.39, 0.29) is 17.9 Å². The molecule has 3 heterocycles. The number of rotatable bonds is 5. The second-order valence-electron chi connectivity index (χ2n) is 5.97. The monoisotopic (exact) mass is 322 g/mol. The van der Waals surface area contributed by atoms with E-state index in [4.69, 9.17) is 9.15 Å². The SMILES string of the molecule is Cc1cnc(CN2CCOCC2CNC(=O)[C@H]2CCC(=O)N2)o1. The largest absolute Gasteiger partial charge is 0.445 e. The lowest BCUT2D eigenvalue weighted by molar-refractivity contribution is -0.126. The third kappa shape index (κ3) is 4.08. The van der Waals surface area contributed by atoms with Crippen LogP contribution in [0.15, 0.2) is 10.6 Å². The maximum Gasteiger partial charge on any atom is 0.242 e. The predicted octanol–water partition coefficient (Wildman–Crippen LogP) is -0.421. The van der Waals surface area contributed by atoms with E-state index >= 15 is 0 Å². The maximum atomic E-state index is 12.1. The van der Waals surface area contributed by atoms with Crippen LogP contribution in [-0.4, -0.2) is 60.1 Å². The number of aromatic nitrogens is 1. The Labute approximate surface area is 134 Å². The fourth-order valence-corrected chi connectivity index (χ4v) is 2.89. The van der Waals surface area contributed by atoms with Crippen molar-refractivity contribution in [3.05, 3.63) is 17.8 Å². The van der Waals surface area contributed by atoms with Crippen LogP contribution in [0.3, 0.4) is 0 Å². The number of nitrogens with one attached hydrogen (secondary N) is 2. The van der Waals surface area contributed by atoms with Crippen LogP contribution in [0.25, 0.3) is 0 Å². The molecule has 23 heavy (non-hydrogen) atoms. The normalized spacial score (nSPS) is 25.3. The lowest BCUT2D eigenvalue weighted by Crippen LogP contribution is -2.52. The summed E-state index contributed by atoms with van der Waals surface area (Å²) in [5.41, 5.74) is 0. The van der Waals surface area contributed by atoms with E-state index in [0.717, 1.165) is 12.3 Å². The quantitative estimate of drug-likeness (QED) is 0.764. The summed E-state index contributed by atoms with van der Waals surface area (Å²) in [5, 5.41) is 5.58. The topological polar surface area (TPSA) is 96.7 Å². The first-order valence-electron chi connectivity index (χ1n) is 7.92. The van der Waals surface area contributed by atoms with Crippen LogP contribution in [-0.2, 0) is 20.9 Å². The Balaban J connectivity index is 1.52. The third-order valence-corrected chi connectivity index (χ3v) is 4.18. The van der Waals surface area contributed by atoms with Crippen LogP contribution in [0.1, 0.15) is 24.5 Å². The fraction of sp³-hybridized carbons (Fsp3) is 0.667. The molecule has 0 radical (unpaired) electrons. The average Bonchev–Trinajstić information content (AvgIpc) is 3.15. The molecule has 2 atom stereocenters. The van der Waals surface area contributed by atoms with Crippen LogP contribution in [0.4, 0.5) is 0 Å². The Morgan fingerprint density at radius 2 is 2.43 bits per heavy atom. The first-order chi connectivity index (χ1) is 11.1. The highest BCUT2D eigenvalue weighted by Crippen LogP contribution is 2.13. The lowest BCUT2D eigenvalue weighted by Gasteiger charge is -2.34. The zero-order chi connectivity index (χ0) is 16.2. The Kier molecular flexibility index (Phi) is 4.92. The van der Waals surface area contributed by atoms with E-state index in [1.165, 1.54) is 0 Å². The third-order valence-electron chi connectivity index (χ3n) is 4.18. The number of aryl methyl sites for hydroxylation is 1. The Hall–Kier alpha value is -1.93. The van der Waals surface area contributed by atoms with Gasteiger partial charge in [-0.2, -0.15) is 0 Å². The van der Waals surface area contributed by atoms with Crippen molar-refractivity contribution in [1.29, 1.82) is 0 Å². The molecule has 0 aromatic carbocycles. The number of amides is 2. The number of carbonyl (C=O) groups excluding carboxylic acids is 2. The molecule has 2 aliphatic rings. The van der Waals surface area contributed by atoms with Gasteiger partial charge in [-0.15, -0.1) is 0 Å². The minimum Gasteiger partial charge on any atom is -0.445 e. The van der Waals surface area contributed by atoms with Crippen molar-refractivity contribution in [1.82, 2.24) is 20.5 Å². The number of hydrogen-bond donors (Lipinski definition) is 2. The van der Waals surface area contributed by atoms with Gasteiger partial charge in [0.15, 0.2) is 0 Å². The van der Waals surface area contributed by atoms with Gasteiger partial charge in [-0.3, -0.25) is 14.5 Å². The summed E-state index contributed by atoms with van der Waals surface area (Å²) in [7, 11) is 0. The van der Waals surface area contributed by atoms with E-state index in [1.807, 2.05) is 6.92 Å². The van der Waals surface area contributed by atoms with Crippen molar-refractivity contribution < 1.29 is 18.7 Å². The minimum atomic E-state index is -0.408. The average molecular weight is 322 g/mol. The summed E-state index contributed by atoms with van der Waals surface area (Å²) >= 11 is 0. The highest BCUT2D eigenvalue weighted by atomic mass is 16.5. The molecule has 8 heteroatoms. The Morgan fingerprint density at radius 1 is 1.57 bits per heavy atom. The molecule has 0 aliphatic carbocycles. The molecule has 0 saturated carbocycles. The standard InChI is InChI=1S/C15H22N4O4/c1-10-6-16-14(23-10)8-19-4-5-22-9-11(19)7-17-15(21)12-2-3-13(20)18-12/h6,11-12H,2-5,7-9H2,1H3,(H,17,21)(H,18,20)/t11?,12-/m1/s1. The highest BCUT2D eigenvalue weighted by molar-refractivity contribution is 5.90. The zero-order valence-electron chi connectivity index (χ0n) is 13.2. The van der Waals surface area contributed by atoms with Gasteiger partial charge in [-0.05, 0) is 13.3 Å². The molecule has 3 rings (SSSR count). The van der Waals surface area contributed by atoms with Gasteiger partial charge < -0.3 is 19.8 Å². The van der Waals surface area contributed by atoms with Gasteiger partial charge in [0.05, 0.1) is 32.0 Å². The number of carbonyl (C=O) groups is 2. The van der Waals surface area contributed by atoms with Crippen LogP contribution >= 0.6 is 0 Å². The number of nitrogens with zero attached hydrogens (tertiary/aromatic N) is 2. The van der Waals surface area contributed by atoms with Gasteiger partial charge in [0.1, 0.15) is 11.8 Å². The van der Waals surface area contributed by atoms with Gasteiger partial charge in [0, 0.05) is 19.5 Å². The second kappa shape index (κ2) is 7.10. The molecule has 2 N–H and O–H groups in total. The van der Waals surface area contributed by atoms with Gasteiger partial charge >= 0.3 is 0 Å². The van der Waals surface area contributed by atoms with Crippen molar-refractivity contribution in [3.63, 3.8) is 0 Å². The van der Waals surface area contributed by atoms with Crippen molar-refractivity contribution in [2.24, 2.45) is 0 Å². The Morgan fingerprint density at radius 3 is 3.13 bits per heavy atom. The highest BCUT2D eigenvalue weighted by Gasteiger charge is 2.29. The van der Waals surface area contributed by atoms with Crippen LogP contribution in [0.2, 0.25) is 0 Å². The van der Waals surface area contributed by atoms with Gasteiger partial charge in [-0.1, -0.05) is 0 Å². The number of oxazole rings is 1. The summed E-state index contributed by atoms with van der Waals surface area (Å²) in [4.78, 5) is 29.7. The van der Waals surface area contributed by atoms with E-state index in [1.54, 1.807) is 6.20 Å². The second-order valence-corrected chi connectivity index (χ2v) is 5.97. The van der Waals surface area contributed by atoms with E-state index in [0.29, 0.717) is 45.0 Å². The molecule has 1 unspecified atom stereocenters. The molecule has 8 nitrogen and oxygen atoms in total. The van der Waals surface area contributed by atoms with E-state index in [2.05, 4.69) is 20.5 Å². The first kappa shape index (κ1) is 15.9. The minimum absolute atomic E-state index is 0.0629. The van der Waals surface area contributed by atoms with E-state index in [9.17, 15) is 9.59 Å². The number of hydrogen-bond acceptors (Lipinski definition) is 6. The van der Waals surface area contributed by atoms with Gasteiger partial charge in [-0.25, -0.2) is 4.98 Å². The molecule has 2 fully saturated rings. The fourth-order valence-electron chi connectivity index (χ4n) is 2.89. The molecule has 1 aromatic heterocycles. The van der Waals surface area contributed by atoms with Crippen LogP contribution < -0.4 is 10.6 Å². The van der Waals surface area contributed by atoms with Crippen molar-refractivity contribution in [2.45, 2.75) is 38.4 Å². The summed E-state index contributed by atoms with van der Waals surface area (Å²) in [6, 6.07) is -0.341. The van der Waals surface area contributed by atoms with E-state index < -0.39 is 6.04 Å². The Bertz CT molecular complexity index is 574. The van der Waals surface area contributed by atoms with Crippen LogP contribution in [0.5, 0.6) is 0 Å². The molecule has 126 valence electrons. The summed E-state index contributed by atoms with van der Waals surface area (Å²) in [6.45, 7) is 4.91. The summed E-state index contributed by atoms with van der Waals surface area (Å²) in [6.07, 6.45) is 2.68. The summed E-state index contributed by atoms with van der Waals surface area (Å²) < 4.78 is 11.0. The molecule has 2 aliphatic heterocycles. The van der Waals surface area contributed by atoms with Gasteiger partial charge in [0.2, 0.25) is 17.7 Å². The molecule has 0 spiro atoms. The molecular weight excluding hydrogens is 300 g/mol. The van der Waals surface area contributed by atoms with Crippen molar-refractivity contribution in [2.75, 3.05) is 26.3 Å². The van der Waals surface area contributed by atoms with Gasteiger partial charge in [0.25, 0.3) is 0 Å². The first-order valence-corrected chi connectivity index (χ1v) is 7.92. The predicted molar refractivity (Wildman–Crippen MR) is 80.4 cm³/mol. The molecule has 2 saturated heterocycles. The zero-order valence-corrected chi connectivity index (χ0v) is 13.2. The molecule has 2 amide bonds. The smallest absolute Gasteiger partial charge is 0.242 e. The maximum absolute atomic E-state index is 12.1. The molecule has 1 aromatic rings. The number of ether oxygens (including phenoxy) is 1. The molecular formula is C15H22N4O4. The summed E-state index contributed by atoms with van der Waals surface area (Å²) in [5.74, 6) is 1.26. The number of morpholine rings is 1.